The summed E-state index contributed by atoms with van der Waals surface area (Å²) >= 11 is 0. The van der Waals surface area contributed by atoms with Crippen molar-refractivity contribution in [3.8, 4) is 5.75 Å². The van der Waals surface area contributed by atoms with E-state index in [0.717, 1.165) is 48.4 Å². The molecule has 142 valence electrons. The van der Waals surface area contributed by atoms with Crippen molar-refractivity contribution in [1.82, 2.24) is 5.32 Å². The number of hydrogen-bond donors (Lipinski definition) is 1. The van der Waals surface area contributed by atoms with E-state index in [1.54, 1.807) is 26.0 Å². The van der Waals surface area contributed by atoms with Gasteiger partial charge in [-0.2, -0.15) is 0 Å². The molecule has 0 atom stereocenters. The van der Waals surface area contributed by atoms with Crippen LogP contribution in [0, 0.1) is 0 Å². The Labute approximate surface area is 161 Å². The van der Waals surface area contributed by atoms with Crippen LogP contribution in [-0.4, -0.2) is 32.4 Å². The zero-order chi connectivity index (χ0) is 19.1. The van der Waals surface area contributed by atoms with Crippen molar-refractivity contribution in [2.45, 2.75) is 42.4 Å². The maximum Gasteiger partial charge on any atom is 0.180 e. The van der Waals surface area contributed by atoms with Crippen molar-refractivity contribution in [3.05, 3.63) is 65.7 Å². The number of fused-ring (bicyclic) bond motifs is 1. The number of piperidine rings is 1. The van der Waals surface area contributed by atoms with Gasteiger partial charge in [-0.3, -0.25) is 0 Å². The average molecular weight is 384 g/mol. The first-order chi connectivity index (χ1) is 12.9. The van der Waals surface area contributed by atoms with E-state index in [2.05, 4.69) is 17.5 Å². The van der Waals surface area contributed by atoms with Gasteiger partial charge in [-0.1, -0.05) is 30.3 Å². The van der Waals surface area contributed by atoms with Gasteiger partial charge in [-0.25, -0.2) is 8.42 Å². The summed E-state index contributed by atoms with van der Waals surface area (Å²) in [5.41, 5.74) is 2.90. The molecule has 2 aliphatic heterocycles. The predicted octanol–water partition coefficient (Wildman–Crippen LogP) is 3.82. The summed E-state index contributed by atoms with van der Waals surface area (Å²) < 4.78 is 31.2. The minimum Gasteiger partial charge on any atom is -0.482 e. The predicted molar refractivity (Wildman–Crippen MR) is 108 cm³/mol. The lowest BCUT2D eigenvalue weighted by Gasteiger charge is -2.40. The number of sulfone groups is 1. The van der Waals surface area contributed by atoms with Crippen LogP contribution in [0.5, 0.6) is 5.75 Å². The molecule has 0 saturated carbocycles. The van der Waals surface area contributed by atoms with E-state index in [1.165, 1.54) is 0 Å². The normalized spacial score (nSPS) is 18.7. The van der Waals surface area contributed by atoms with Crippen LogP contribution in [0.1, 0.15) is 37.8 Å². The van der Waals surface area contributed by atoms with E-state index in [-0.39, 0.29) is 5.60 Å². The summed E-state index contributed by atoms with van der Waals surface area (Å²) in [5.74, 6) is 0.899. The molecule has 2 aromatic rings. The highest BCUT2D eigenvalue weighted by Gasteiger charge is 2.37. The Morgan fingerprint density at radius 2 is 1.67 bits per heavy atom. The van der Waals surface area contributed by atoms with E-state index in [4.69, 9.17) is 4.74 Å². The van der Waals surface area contributed by atoms with E-state index in [9.17, 15) is 8.42 Å². The van der Waals surface area contributed by atoms with Crippen LogP contribution in [0.15, 0.2) is 59.5 Å². The summed E-state index contributed by atoms with van der Waals surface area (Å²) in [6.07, 6.45) is 4.08. The molecule has 4 nitrogen and oxygen atoms in total. The lowest BCUT2D eigenvalue weighted by atomic mass is 9.83. The van der Waals surface area contributed by atoms with Crippen molar-refractivity contribution in [2.75, 3.05) is 13.1 Å². The molecule has 0 aromatic heterocycles. The van der Waals surface area contributed by atoms with E-state index < -0.39 is 15.1 Å². The van der Waals surface area contributed by atoms with Crippen molar-refractivity contribution < 1.29 is 13.2 Å². The van der Waals surface area contributed by atoms with Crippen LogP contribution in [0.4, 0.5) is 0 Å². The highest BCUT2D eigenvalue weighted by molar-refractivity contribution is 7.92. The molecule has 2 aromatic carbocycles. The van der Waals surface area contributed by atoms with Crippen LogP contribution in [0.25, 0.3) is 5.57 Å². The topological polar surface area (TPSA) is 55.4 Å². The van der Waals surface area contributed by atoms with E-state index in [1.807, 2.05) is 30.3 Å². The van der Waals surface area contributed by atoms with Crippen molar-refractivity contribution in [2.24, 2.45) is 0 Å². The Hall–Kier alpha value is -2.11. The van der Waals surface area contributed by atoms with Crippen LogP contribution in [0.2, 0.25) is 0 Å². The zero-order valence-corrected chi connectivity index (χ0v) is 16.6. The Morgan fingerprint density at radius 1 is 1.00 bits per heavy atom. The summed E-state index contributed by atoms with van der Waals surface area (Å²) in [6, 6.07) is 15.4. The van der Waals surface area contributed by atoms with Gasteiger partial charge in [-0.05, 0) is 62.3 Å². The number of hydrogen-bond acceptors (Lipinski definition) is 4. The molecule has 27 heavy (non-hydrogen) atoms. The van der Waals surface area contributed by atoms with Gasteiger partial charge in [0.05, 0.1) is 10.1 Å². The number of rotatable bonds is 3. The first-order valence-corrected chi connectivity index (χ1v) is 11.0. The Kier molecular flexibility index (Phi) is 4.60. The lowest BCUT2D eigenvalue weighted by Crippen LogP contribution is -2.46. The monoisotopic (exact) mass is 383 g/mol. The number of para-hydroxylation sites is 1. The fourth-order valence-corrected chi connectivity index (χ4v) is 4.86. The Bertz CT molecular complexity index is 969. The van der Waals surface area contributed by atoms with Crippen molar-refractivity contribution >= 4 is 15.4 Å². The second-order valence-corrected chi connectivity index (χ2v) is 10.1. The molecule has 0 aliphatic carbocycles. The third-order valence-electron chi connectivity index (χ3n) is 5.46. The third-order valence-corrected chi connectivity index (χ3v) is 7.63. The summed E-state index contributed by atoms with van der Waals surface area (Å²) in [4.78, 5) is 0.374. The van der Waals surface area contributed by atoms with Gasteiger partial charge in [0.25, 0.3) is 0 Å². The largest absolute Gasteiger partial charge is 0.482 e. The second kappa shape index (κ2) is 6.80. The molecule has 1 spiro atoms. The zero-order valence-electron chi connectivity index (χ0n) is 15.7. The minimum absolute atomic E-state index is 0.294. The summed E-state index contributed by atoms with van der Waals surface area (Å²) in [7, 11) is -3.26. The van der Waals surface area contributed by atoms with E-state index in [0.29, 0.717) is 4.90 Å². The molecule has 0 bridgehead atoms. The van der Waals surface area contributed by atoms with Gasteiger partial charge in [0.2, 0.25) is 0 Å². The molecular formula is C22H25NO3S. The van der Waals surface area contributed by atoms with E-state index >= 15 is 0 Å². The SMILES string of the molecule is CC(C)S(=O)(=O)c1ccc(C2=CC3(CCNCC3)Oc3ccccc32)cc1. The number of ether oxygens (including phenoxy) is 1. The third kappa shape index (κ3) is 3.30. The van der Waals surface area contributed by atoms with Crippen LogP contribution in [0.3, 0.4) is 0 Å². The molecule has 0 unspecified atom stereocenters. The summed E-state index contributed by atoms with van der Waals surface area (Å²) in [6.45, 7) is 5.28. The van der Waals surface area contributed by atoms with Crippen LogP contribution in [-0.2, 0) is 9.84 Å². The number of benzene rings is 2. The molecule has 0 radical (unpaired) electrons. The minimum atomic E-state index is -3.26. The molecule has 1 fully saturated rings. The fourth-order valence-electron chi connectivity index (χ4n) is 3.80. The molecule has 1 saturated heterocycles. The van der Waals surface area contributed by atoms with Gasteiger partial charge in [-0.15, -0.1) is 0 Å². The molecule has 0 amide bonds. The molecular weight excluding hydrogens is 358 g/mol. The van der Waals surface area contributed by atoms with Crippen LogP contribution >= 0.6 is 0 Å². The quantitative estimate of drug-likeness (QED) is 0.876. The van der Waals surface area contributed by atoms with Gasteiger partial charge in [0.15, 0.2) is 9.84 Å². The molecule has 4 rings (SSSR count). The van der Waals surface area contributed by atoms with Crippen LogP contribution < -0.4 is 10.1 Å². The summed E-state index contributed by atoms with van der Waals surface area (Å²) in [5, 5.41) is 2.97. The first kappa shape index (κ1) is 18.3. The van der Waals surface area contributed by atoms with Crippen molar-refractivity contribution in [3.63, 3.8) is 0 Å². The Morgan fingerprint density at radius 3 is 2.33 bits per heavy atom. The first-order valence-electron chi connectivity index (χ1n) is 9.48. The highest BCUT2D eigenvalue weighted by Crippen LogP contribution is 2.42. The smallest absolute Gasteiger partial charge is 0.180 e. The maximum absolute atomic E-state index is 12.4. The molecule has 1 N–H and O–H groups in total. The molecule has 2 aliphatic rings. The number of nitrogens with one attached hydrogen (secondary N) is 1. The van der Waals surface area contributed by atoms with Gasteiger partial charge < -0.3 is 10.1 Å². The van der Waals surface area contributed by atoms with Crippen molar-refractivity contribution in [1.29, 1.82) is 0 Å². The second-order valence-electron chi connectivity index (χ2n) is 7.59. The maximum atomic E-state index is 12.4. The van der Waals surface area contributed by atoms with Gasteiger partial charge in [0, 0.05) is 18.4 Å². The standard InChI is InChI=1S/C22H25NO3S/c1-16(2)27(24,25)18-9-7-17(8-10-18)20-15-22(11-13-23-14-12-22)26-21-6-4-3-5-19(20)21/h3-10,15-16,23H,11-14H2,1-2H3. The fraction of sp³-hybridized carbons (Fsp3) is 0.364. The molecule has 2 heterocycles. The van der Waals surface area contributed by atoms with Gasteiger partial charge >= 0.3 is 0 Å². The van der Waals surface area contributed by atoms with Gasteiger partial charge in [0.1, 0.15) is 11.4 Å². The lowest BCUT2D eigenvalue weighted by molar-refractivity contribution is 0.0817. The Balaban J connectivity index is 1.78. The highest BCUT2D eigenvalue weighted by atomic mass is 32.2. The molecule has 5 heteroatoms. The average Bonchev–Trinajstić information content (AvgIpc) is 2.68.